The number of nitrogens with zero attached hydrogens (tertiary/aromatic N) is 1. The maximum atomic E-state index is 11.2. The fraction of sp³-hybridized carbons (Fsp3) is 0.364. The molecule has 16 heavy (non-hydrogen) atoms. The van der Waals surface area contributed by atoms with Crippen LogP contribution in [0.15, 0.2) is 24.3 Å². The third-order valence-corrected chi connectivity index (χ3v) is 2.03. The Balaban J connectivity index is 2.57. The van der Waals surface area contributed by atoms with Crippen LogP contribution in [-0.2, 0) is 0 Å². The van der Waals surface area contributed by atoms with Crippen LogP contribution in [0, 0.1) is 0 Å². The molecule has 5 heteroatoms. The van der Waals surface area contributed by atoms with Gasteiger partial charge in [-0.25, -0.2) is 5.84 Å². The average molecular weight is 223 g/mol. The molecule has 0 aliphatic carbocycles. The summed E-state index contributed by atoms with van der Waals surface area (Å²) in [5.41, 5.74) is 2.57. The number of benzene rings is 1. The highest BCUT2D eigenvalue weighted by atomic mass is 16.5. The molecule has 1 aromatic carbocycles. The van der Waals surface area contributed by atoms with E-state index >= 15 is 0 Å². The first-order valence-corrected chi connectivity index (χ1v) is 5.02. The predicted octanol–water partition coefficient (Wildman–Crippen LogP) is 0.231. The minimum atomic E-state index is -0.321. The molecule has 1 rings (SSSR count). The molecule has 0 aromatic heterocycles. The van der Waals surface area contributed by atoms with Gasteiger partial charge in [0.2, 0.25) is 0 Å². The third kappa shape index (κ3) is 3.88. The predicted molar refractivity (Wildman–Crippen MR) is 62.1 cm³/mol. The van der Waals surface area contributed by atoms with E-state index in [0.29, 0.717) is 17.9 Å². The summed E-state index contributed by atoms with van der Waals surface area (Å²) < 4.78 is 5.49. The lowest BCUT2D eigenvalue weighted by Crippen LogP contribution is -2.29. The monoisotopic (exact) mass is 223 g/mol. The van der Waals surface area contributed by atoms with Gasteiger partial charge in [0.05, 0.1) is 0 Å². The van der Waals surface area contributed by atoms with Crippen molar-refractivity contribution in [3.8, 4) is 5.75 Å². The molecule has 0 saturated carbocycles. The average Bonchev–Trinajstić information content (AvgIpc) is 2.28. The molecule has 0 radical (unpaired) electrons. The minimum absolute atomic E-state index is 0.321. The van der Waals surface area contributed by atoms with Gasteiger partial charge in [-0.3, -0.25) is 10.2 Å². The van der Waals surface area contributed by atoms with Gasteiger partial charge in [-0.15, -0.1) is 0 Å². The molecule has 0 aliphatic rings. The number of hydrazine groups is 1. The van der Waals surface area contributed by atoms with Crippen LogP contribution in [0.1, 0.15) is 10.4 Å². The fourth-order valence-corrected chi connectivity index (χ4v) is 1.16. The van der Waals surface area contributed by atoms with Gasteiger partial charge in [0, 0.05) is 12.1 Å². The van der Waals surface area contributed by atoms with Crippen LogP contribution in [0.2, 0.25) is 0 Å². The van der Waals surface area contributed by atoms with E-state index < -0.39 is 0 Å². The summed E-state index contributed by atoms with van der Waals surface area (Å²) in [5.74, 6) is 5.40. The van der Waals surface area contributed by atoms with E-state index in [4.69, 9.17) is 10.6 Å². The van der Waals surface area contributed by atoms with Crippen molar-refractivity contribution in [1.29, 1.82) is 0 Å². The zero-order chi connectivity index (χ0) is 12.0. The number of nitrogens with two attached hydrogens (primary N) is 1. The van der Waals surface area contributed by atoms with E-state index in [1.165, 1.54) is 0 Å². The zero-order valence-electron chi connectivity index (χ0n) is 9.56. The Morgan fingerprint density at radius 2 is 2.25 bits per heavy atom. The fourth-order valence-electron chi connectivity index (χ4n) is 1.16. The van der Waals surface area contributed by atoms with Crippen molar-refractivity contribution in [2.24, 2.45) is 5.84 Å². The molecule has 0 bridgehead atoms. The normalized spacial score (nSPS) is 10.2. The largest absolute Gasteiger partial charge is 0.492 e. The van der Waals surface area contributed by atoms with Crippen LogP contribution >= 0.6 is 0 Å². The van der Waals surface area contributed by atoms with E-state index in [1.54, 1.807) is 18.2 Å². The number of nitrogens with one attached hydrogen (secondary N) is 1. The first-order valence-electron chi connectivity index (χ1n) is 5.02. The number of carbonyl (C=O) groups is 1. The van der Waals surface area contributed by atoms with Crippen molar-refractivity contribution in [1.82, 2.24) is 10.3 Å². The molecule has 0 saturated heterocycles. The summed E-state index contributed by atoms with van der Waals surface area (Å²) in [7, 11) is 3.95. The molecule has 0 spiro atoms. The van der Waals surface area contributed by atoms with Crippen LogP contribution < -0.4 is 16.0 Å². The maximum absolute atomic E-state index is 11.2. The number of carbonyl (C=O) groups excluding carboxylic acids is 1. The number of nitrogen functional groups attached to an aromatic ring is 1. The minimum Gasteiger partial charge on any atom is -0.492 e. The number of amides is 1. The highest BCUT2D eigenvalue weighted by Crippen LogP contribution is 2.12. The Labute approximate surface area is 95.2 Å². The Morgan fingerprint density at radius 1 is 1.50 bits per heavy atom. The topological polar surface area (TPSA) is 67.6 Å². The van der Waals surface area contributed by atoms with E-state index in [-0.39, 0.29) is 5.91 Å². The number of hydrogen-bond acceptors (Lipinski definition) is 4. The maximum Gasteiger partial charge on any atom is 0.265 e. The van der Waals surface area contributed by atoms with Gasteiger partial charge >= 0.3 is 0 Å². The lowest BCUT2D eigenvalue weighted by Gasteiger charge is -2.11. The van der Waals surface area contributed by atoms with Crippen LogP contribution in [0.4, 0.5) is 0 Å². The van der Waals surface area contributed by atoms with Gasteiger partial charge in [-0.1, -0.05) is 6.07 Å². The van der Waals surface area contributed by atoms with Crippen LogP contribution in [0.25, 0.3) is 0 Å². The van der Waals surface area contributed by atoms with Crippen molar-refractivity contribution in [2.75, 3.05) is 27.2 Å². The van der Waals surface area contributed by atoms with E-state index in [9.17, 15) is 4.79 Å². The number of likely N-dealkylation sites (N-methyl/N-ethyl adjacent to an activating group) is 1. The summed E-state index contributed by atoms with van der Waals surface area (Å²) in [6, 6.07) is 6.91. The SMILES string of the molecule is CN(C)CCOc1cccc(C(=O)NN)c1. The van der Waals surface area contributed by atoms with E-state index in [1.807, 2.05) is 25.1 Å². The molecule has 88 valence electrons. The van der Waals surface area contributed by atoms with Gasteiger partial charge in [-0.05, 0) is 32.3 Å². The molecule has 1 amide bonds. The van der Waals surface area contributed by atoms with Crippen molar-refractivity contribution in [3.05, 3.63) is 29.8 Å². The number of rotatable bonds is 5. The van der Waals surface area contributed by atoms with Crippen molar-refractivity contribution in [2.45, 2.75) is 0 Å². The summed E-state index contributed by atoms with van der Waals surface area (Å²) in [6.07, 6.45) is 0. The molecular formula is C11H17N3O2. The molecule has 0 atom stereocenters. The second kappa shape index (κ2) is 6.09. The second-order valence-electron chi connectivity index (χ2n) is 3.65. The van der Waals surface area contributed by atoms with Gasteiger partial charge in [0.15, 0.2) is 0 Å². The van der Waals surface area contributed by atoms with E-state index in [0.717, 1.165) is 6.54 Å². The quantitative estimate of drug-likeness (QED) is 0.426. The third-order valence-electron chi connectivity index (χ3n) is 2.03. The summed E-state index contributed by atoms with van der Waals surface area (Å²) >= 11 is 0. The van der Waals surface area contributed by atoms with Crippen molar-refractivity contribution < 1.29 is 9.53 Å². The standard InChI is InChI=1S/C11H17N3O2/c1-14(2)6-7-16-10-5-3-4-9(8-10)11(15)13-12/h3-5,8H,6-7,12H2,1-2H3,(H,13,15). The van der Waals surface area contributed by atoms with Gasteiger partial charge in [-0.2, -0.15) is 0 Å². The lowest BCUT2D eigenvalue weighted by molar-refractivity contribution is 0.0953. The number of hydrogen-bond donors (Lipinski definition) is 2. The van der Waals surface area contributed by atoms with E-state index in [2.05, 4.69) is 5.43 Å². The molecule has 3 N–H and O–H groups in total. The Hall–Kier alpha value is -1.59. The molecule has 0 unspecified atom stereocenters. The Bertz CT molecular complexity index is 353. The van der Waals surface area contributed by atoms with Gasteiger partial charge in [0.1, 0.15) is 12.4 Å². The molecular weight excluding hydrogens is 206 g/mol. The first-order chi connectivity index (χ1) is 7.63. The Kier molecular flexibility index (Phi) is 4.75. The van der Waals surface area contributed by atoms with Crippen LogP contribution in [0.3, 0.4) is 0 Å². The summed E-state index contributed by atoms with van der Waals surface area (Å²) in [6.45, 7) is 1.41. The summed E-state index contributed by atoms with van der Waals surface area (Å²) in [5, 5.41) is 0. The van der Waals surface area contributed by atoms with Crippen LogP contribution in [0.5, 0.6) is 5.75 Å². The highest BCUT2D eigenvalue weighted by Gasteiger charge is 2.04. The van der Waals surface area contributed by atoms with Crippen molar-refractivity contribution in [3.63, 3.8) is 0 Å². The van der Waals surface area contributed by atoms with Gasteiger partial charge < -0.3 is 9.64 Å². The highest BCUT2D eigenvalue weighted by molar-refractivity contribution is 5.94. The van der Waals surface area contributed by atoms with Gasteiger partial charge in [0.25, 0.3) is 5.91 Å². The smallest absolute Gasteiger partial charge is 0.265 e. The van der Waals surface area contributed by atoms with Crippen LogP contribution in [-0.4, -0.2) is 38.1 Å². The lowest BCUT2D eigenvalue weighted by atomic mass is 10.2. The summed E-state index contributed by atoms with van der Waals surface area (Å²) in [4.78, 5) is 13.3. The van der Waals surface area contributed by atoms with Crippen molar-refractivity contribution >= 4 is 5.91 Å². The first kappa shape index (κ1) is 12.5. The second-order valence-corrected chi connectivity index (χ2v) is 3.65. The molecule has 0 fully saturated rings. The molecule has 5 nitrogen and oxygen atoms in total. The Morgan fingerprint density at radius 3 is 2.88 bits per heavy atom. The molecule has 1 aromatic rings. The molecule has 0 heterocycles. The molecule has 0 aliphatic heterocycles. The zero-order valence-corrected chi connectivity index (χ0v) is 9.56. The number of ether oxygens (including phenoxy) is 1.